The van der Waals surface area contributed by atoms with E-state index in [9.17, 15) is 9.50 Å². The van der Waals surface area contributed by atoms with Gasteiger partial charge in [0.25, 0.3) is 0 Å². The van der Waals surface area contributed by atoms with Gasteiger partial charge in [0.2, 0.25) is 0 Å². The lowest BCUT2D eigenvalue weighted by Gasteiger charge is -2.05. The molecule has 80 valence electrons. The lowest BCUT2D eigenvalue weighted by Crippen LogP contribution is -1.91. The highest BCUT2D eigenvalue weighted by Gasteiger charge is 2.11. The highest BCUT2D eigenvalue weighted by Crippen LogP contribution is 2.30. The van der Waals surface area contributed by atoms with Crippen molar-refractivity contribution in [3.05, 3.63) is 29.7 Å². The van der Waals surface area contributed by atoms with Crippen LogP contribution < -0.4 is 4.74 Å². The molecule has 1 heterocycles. The third kappa shape index (κ3) is 1.41. The largest absolute Gasteiger partial charge is 0.506 e. The average Bonchev–Trinajstić information content (AvgIpc) is 2.30. The Morgan fingerprint density at radius 3 is 2.88 bits per heavy atom. The van der Waals surface area contributed by atoms with Crippen LogP contribution in [-0.2, 0) is 0 Å². The molecule has 1 aromatic heterocycles. The highest BCUT2D eigenvalue weighted by molar-refractivity contribution is 5.87. The van der Waals surface area contributed by atoms with Gasteiger partial charge in [-0.15, -0.1) is 0 Å². The number of halogens is 1. The Hall–Kier alpha value is -2.35. The molecule has 0 saturated carbocycles. The molecule has 1 aromatic carbocycles. The van der Waals surface area contributed by atoms with E-state index in [0.29, 0.717) is 5.52 Å². The van der Waals surface area contributed by atoms with Crippen molar-refractivity contribution in [1.82, 2.24) is 4.98 Å². The van der Waals surface area contributed by atoms with Crippen LogP contribution in [0.25, 0.3) is 10.9 Å². The van der Waals surface area contributed by atoms with Crippen molar-refractivity contribution >= 4 is 10.9 Å². The molecular weight excluding hydrogens is 211 g/mol. The first-order valence-electron chi connectivity index (χ1n) is 4.42. The summed E-state index contributed by atoms with van der Waals surface area (Å²) in [6.07, 6.45) is 1.23. The van der Waals surface area contributed by atoms with Crippen LogP contribution in [0.2, 0.25) is 0 Å². The standard InChI is InChI=1S/C11H7FN2O2/c1-16-10-3-9-7(2-8(10)12)11(15)6(4-13)5-14-9/h2-3,5H,1H3,(H,14,15). The molecule has 0 unspecified atom stereocenters. The molecule has 0 aliphatic carbocycles. The fourth-order valence-electron chi connectivity index (χ4n) is 1.42. The maximum Gasteiger partial charge on any atom is 0.165 e. The summed E-state index contributed by atoms with van der Waals surface area (Å²) >= 11 is 0. The van der Waals surface area contributed by atoms with Crippen LogP contribution >= 0.6 is 0 Å². The van der Waals surface area contributed by atoms with Crippen molar-refractivity contribution in [3.63, 3.8) is 0 Å². The number of pyridine rings is 1. The molecule has 0 radical (unpaired) electrons. The van der Waals surface area contributed by atoms with E-state index in [0.717, 1.165) is 6.07 Å². The normalized spacial score (nSPS) is 10.1. The first-order valence-corrected chi connectivity index (χ1v) is 4.42. The van der Waals surface area contributed by atoms with Gasteiger partial charge in [0, 0.05) is 17.6 Å². The van der Waals surface area contributed by atoms with Crippen LogP contribution in [0.1, 0.15) is 5.56 Å². The van der Waals surface area contributed by atoms with E-state index < -0.39 is 5.82 Å². The van der Waals surface area contributed by atoms with Crippen LogP contribution in [0, 0.1) is 17.1 Å². The summed E-state index contributed by atoms with van der Waals surface area (Å²) in [5, 5.41) is 18.5. The van der Waals surface area contributed by atoms with Gasteiger partial charge in [0.1, 0.15) is 17.4 Å². The third-order valence-corrected chi connectivity index (χ3v) is 2.23. The van der Waals surface area contributed by atoms with Crippen LogP contribution in [-0.4, -0.2) is 17.2 Å². The number of methoxy groups -OCH3 is 1. The topological polar surface area (TPSA) is 66.1 Å². The lowest BCUT2D eigenvalue weighted by atomic mass is 10.1. The second-order valence-electron chi connectivity index (χ2n) is 3.14. The van der Waals surface area contributed by atoms with E-state index in [1.165, 1.54) is 19.4 Å². The summed E-state index contributed by atoms with van der Waals surface area (Å²) in [6.45, 7) is 0. The van der Waals surface area contributed by atoms with Crippen molar-refractivity contribution in [2.45, 2.75) is 0 Å². The first-order chi connectivity index (χ1) is 7.67. The number of benzene rings is 1. The van der Waals surface area contributed by atoms with Gasteiger partial charge < -0.3 is 9.84 Å². The fourth-order valence-corrected chi connectivity index (χ4v) is 1.42. The van der Waals surface area contributed by atoms with Gasteiger partial charge in [-0.2, -0.15) is 5.26 Å². The number of nitriles is 1. The summed E-state index contributed by atoms with van der Waals surface area (Å²) in [5.41, 5.74) is 0.381. The molecule has 2 aromatic rings. The van der Waals surface area contributed by atoms with Gasteiger partial charge in [-0.3, -0.25) is 4.98 Å². The summed E-state index contributed by atoms with van der Waals surface area (Å²) in [7, 11) is 1.34. The summed E-state index contributed by atoms with van der Waals surface area (Å²) in [6, 6.07) is 4.23. The lowest BCUT2D eigenvalue weighted by molar-refractivity contribution is 0.387. The predicted octanol–water partition coefficient (Wildman–Crippen LogP) is 1.96. The van der Waals surface area contributed by atoms with Crippen molar-refractivity contribution in [3.8, 4) is 17.6 Å². The molecule has 2 rings (SSSR count). The third-order valence-electron chi connectivity index (χ3n) is 2.23. The highest BCUT2D eigenvalue weighted by atomic mass is 19.1. The van der Waals surface area contributed by atoms with E-state index in [2.05, 4.69) is 4.98 Å². The summed E-state index contributed by atoms with van der Waals surface area (Å²) < 4.78 is 18.2. The summed E-state index contributed by atoms with van der Waals surface area (Å²) in [5.74, 6) is -0.833. The molecule has 0 aliphatic heterocycles. The molecule has 0 atom stereocenters. The Bertz CT molecular complexity index is 605. The van der Waals surface area contributed by atoms with Gasteiger partial charge in [0.15, 0.2) is 11.6 Å². The number of nitrogens with zero attached hydrogens (tertiary/aromatic N) is 2. The molecular formula is C11H7FN2O2. The molecule has 16 heavy (non-hydrogen) atoms. The van der Waals surface area contributed by atoms with Crippen LogP contribution in [0.4, 0.5) is 4.39 Å². The second kappa shape index (κ2) is 3.66. The number of rotatable bonds is 1. The molecule has 1 N–H and O–H groups in total. The van der Waals surface area contributed by atoms with Crippen molar-refractivity contribution < 1.29 is 14.2 Å². The number of hydrogen-bond donors (Lipinski definition) is 1. The average molecular weight is 218 g/mol. The quantitative estimate of drug-likeness (QED) is 0.794. The Morgan fingerprint density at radius 1 is 1.50 bits per heavy atom. The maximum atomic E-state index is 13.4. The Kier molecular flexibility index (Phi) is 2.33. The van der Waals surface area contributed by atoms with E-state index in [1.54, 1.807) is 6.07 Å². The Labute approximate surface area is 90.5 Å². The smallest absolute Gasteiger partial charge is 0.165 e. The van der Waals surface area contributed by atoms with Crippen molar-refractivity contribution in [2.24, 2.45) is 0 Å². The van der Waals surface area contributed by atoms with Gasteiger partial charge >= 0.3 is 0 Å². The zero-order valence-corrected chi connectivity index (χ0v) is 8.36. The van der Waals surface area contributed by atoms with Crippen LogP contribution in [0.5, 0.6) is 11.5 Å². The number of aromatic nitrogens is 1. The molecule has 0 fully saturated rings. The minimum Gasteiger partial charge on any atom is -0.506 e. The molecule has 5 heteroatoms. The minimum absolute atomic E-state index is 0.0112. The van der Waals surface area contributed by atoms with Crippen LogP contribution in [0.15, 0.2) is 18.3 Å². The fraction of sp³-hybridized carbons (Fsp3) is 0.0909. The van der Waals surface area contributed by atoms with Crippen molar-refractivity contribution in [2.75, 3.05) is 7.11 Å². The monoisotopic (exact) mass is 218 g/mol. The number of aromatic hydroxyl groups is 1. The minimum atomic E-state index is -0.609. The number of fused-ring (bicyclic) bond motifs is 1. The van der Waals surface area contributed by atoms with E-state index in [4.69, 9.17) is 10.00 Å². The number of ether oxygens (including phenoxy) is 1. The molecule has 0 amide bonds. The van der Waals surface area contributed by atoms with E-state index in [-0.39, 0.29) is 22.4 Å². The first kappa shape index (κ1) is 10.2. The van der Waals surface area contributed by atoms with Gasteiger partial charge in [0.05, 0.1) is 12.6 Å². The Balaban J connectivity index is 2.82. The SMILES string of the molecule is COc1cc2ncc(C#N)c(O)c2cc1F. The summed E-state index contributed by atoms with van der Waals surface area (Å²) in [4.78, 5) is 3.93. The predicted molar refractivity (Wildman–Crippen MR) is 54.6 cm³/mol. The zero-order chi connectivity index (χ0) is 11.7. The van der Waals surface area contributed by atoms with E-state index in [1.807, 2.05) is 0 Å². The van der Waals surface area contributed by atoms with Gasteiger partial charge in [-0.05, 0) is 6.07 Å². The molecule has 0 saturated heterocycles. The maximum absolute atomic E-state index is 13.4. The molecule has 0 spiro atoms. The molecule has 0 aliphatic rings. The van der Waals surface area contributed by atoms with Crippen LogP contribution in [0.3, 0.4) is 0 Å². The second-order valence-corrected chi connectivity index (χ2v) is 3.14. The molecule has 0 bridgehead atoms. The number of hydrogen-bond acceptors (Lipinski definition) is 4. The van der Waals surface area contributed by atoms with Gasteiger partial charge in [-0.25, -0.2) is 4.39 Å². The van der Waals surface area contributed by atoms with Gasteiger partial charge in [-0.1, -0.05) is 0 Å². The molecule has 4 nitrogen and oxygen atoms in total. The Morgan fingerprint density at radius 2 is 2.25 bits per heavy atom. The van der Waals surface area contributed by atoms with Crippen molar-refractivity contribution in [1.29, 1.82) is 5.26 Å². The zero-order valence-electron chi connectivity index (χ0n) is 8.36. The van der Waals surface area contributed by atoms with E-state index >= 15 is 0 Å².